The van der Waals surface area contributed by atoms with Crippen LogP contribution in [0.4, 0.5) is 11.5 Å². The van der Waals surface area contributed by atoms with Gasteiger partial charge in [0.1, 0.15) is 18.1 Å². The van der Waals surface area contributed by atoms with Crippen LogP contribution in [-0.4, -0.2) is 73.3 Å². The molecule has 1 amide bonds. The van der Waals surface area contributed by atoms with E-state index in [4.69, 9.17) is 9.47 Å². The number of fused-ring (bicyclic) bond motifs is 1. The van der Waals surface area contributed by atoms with Gasteiger partial charge in [0.2, 0.25) is 0 Å². The van der Waals surface area contributed by atoms with Gasteiger partial charge in [-0.05, 0) is 62.9 Å². The van der Waals surface area contributed by atoms with Crippen LogP contribution in [0.25, 0.3) is 5.57 Å². The molecule has 1 N–H and O–H groups in total. The number of amides is 1. The average molecular weight is 466 g/mol. The lowest BCUT2D eigenvalue weighted by atomic mass is 10.1. The van der Waals surface area contributed by atoms with Crippen LogP contribution in [-0.2, 0) is 11.2 Å². The van der Waals surface area contributed by atoms with Gasteiger partial charge in [-0.1, -0.05) is 11.6 Å². The standard InChI is InChI=1S/C26H35N5O3/c1-5-31(6-2)24-17-23(28-26(29-24)34-14-11-30-9-12-33-13-10-30)25(32)27-21-8-7-20-15-18(3)19(4)22(20)16-21/h7-8,16-17H,5-6,9-15H2,1-4H3,(H,27,32). The summed E-state index contributed by atoms with van der Waals surface area (Å²) < 4.78 is 11.3. The lowest BCUT2D eigenvalue weighted by Crippen LogP contribution is -2.38. The Morgan fingerprint density at radius 3 is 2.65 bits per heavy atom. The molecule has 0 spiro atoms. The molecule has 0 saturated carbocycles. The van der Waals surface area contributed by atoms with Crippen molar-refractivity contribution in [3.8, 4) is 6.01 Å². The highest BCUT2D eigenvalue weighted by molar-refractivity contribution is 6.03. The van der Waals surface area contributed by atoms with Crippen LogP contribution in [0.5, 0.6) is 6.01 Å². The van der Waals surface area contributed by atoms with Crippen LogP contribution < -0.4 is 15.0 Å². The van der Waals surface area contributed by atoms with E-state index in [2.05, 4.69) is 58.8 Å². The summed E-state index contributed by atoms with van der Waals surface area (Å²) in [5.74, 6) is 0.417. The van der Waals surface area contributed by atoms with Gasteiger partial charge in [0.15, 0.2) is 0 Å². The van der Waals surface area contributed by atoms with Gasteiger partial charge in [-0.3, -0.25) is 9.69 Å². The zero-order chi connectivity index (χ0) is 24.1. The van der Waals surface area contributed by atoms with E-state index in [1.165, 1.54) is 22.3 Å². The van der Waals surface area contributed by atoms with Gasteiger partial charge in [0, 0.05) is 44.5 Å². The molecule has 0 atom stereocenters. The molecule has 1 aromatic carbocycles. The van der Waals surface area contributed by atoms with E-state index < -0.39 is 0 Å². The number of ether oxygens (including phenoxy) is 2. The lowest BCUT2D eigenvalue weighted by Gasteiger charge is -2.26. The van der Waals surface area contributed by atoms with Crippen molar-refractivity contribution in [2.24, 2.45) is 0 Å². The second-order valence-corrected chi connectivity index (χ2v) is 8.78. The molecule has 1 fully saturated rings. The van der Waals surface area contributed by atoms with Gasteiger partial charge in [0.25, 0.3) is 5.91 Å². The number of morpholine rings is 1. The molecule has 4 rings (SSSR count). The number of nitrogens with one attached hydrogen (secondary N) is 1. The number of aromatic nitrogens is 2. The SMILES string of the molecule is CCN(CC)c1cc(C(=O)Nc2ccc3c(c2)C(C)=C(C)C3)nc(OCCN2CCOCC2)n1. The topological polar surface area (TPSA) is 79.8 Å². The summed E-state index contributed by atoms with van der Waals surface area (Å²) in [6.07, 6.45) is 0.972. The van der Waals surface area contributed by atoms with Crippen LogP contribution in [0.3, 0.4) is 0 Å². The molecule has 8 heteroatoms. The van der Waals surface area contributed by atoms with Crippen molar-refractivity contribution in [1.29, 1.82) is 0 Å². The highest BCUT2D eigenvalue weighted by atomic mass is 16.5. The second kappa shape index (κ2) is 11.0. The fourth-order valence-electron chi connectivity index (χ4n) is 4.39. The van der Waals surface area contributed by atoms with E-state index in [0.29, 0.717) is 18.1 Å². The number of rotatable bonds is 9. The Bertz CT molecular complexity index is 1060. The minimum absolute atomic E-state index is 0.228. The van der Waals surface area contributed by atoms with Gasteiger partial charge in [0.05, 0.1) is 13.2 Å². The van der Waals surface area contributed by atoms with E-state index in [0.717, 1.165) is 58.0 Å². The summed E-state index contributed by atoms with van der Waals surface area (Å²) in [5, 5.41) is 3.01. The zero-order valence-corrected chi connectivity index (χ0v) is 20.7. The third-order valence-electron chi connectivity index (χ3n) is 6.62. The maximum Gasteiger partial charge on any atom is 0.319 e. The van der Waals surface area contributed by atoms with Crippen LogP contribution in [0, 0.1) is 0 Å². The Morgan fingerprint density at radius 2 is 1.91 bits per heavy atom. The molecule has 34 heavy (non-hydrogen) atoms. The third-order valence-corrected chi connectivity index (χ3v) is 6.62. The lowest BCUT2D eigenvalue weighted by molar-refractivity contribution is 0.0317. The number of hydrogen-bond donors (Lipinski definition) is 1. The smallest absolute Gasteiger partial charge is 0.319 e. The van der Waals surface area contributed by atoms with Crippen molar-refractivity contribution in [3.63, 3.8) is 0 Å². The van der Waals surface area contributed by atoms with E-state index >= 15 is 0 Å². The molecular weight excluding hydrogens is 430 g/mol. The molecule has 8 nitrogen and oxygen atoms in total. The Morgan fingerprint density at radius 1 is 1.15 bits per heavy atom. The fraction of sp³-hybridized carbons (Fsp3) is 0.500. The minimum atomic E-state index is -0.273. The maximum atomic E-state index is 13.2. The largest absolute Gasteiger partial charge is 0.462 e. The number of hydrogen-bond acceptors (Lipinski definition) is 7. The molecule has 1 saturated heterocycles. The third kappa shape index (κ3) is 5.56. The van der Waals surface area contributed by atoms with Gasteiger partial charge in [-0.2, -0.15) is 9.97 Å². The highest BCUT2D eigenvalue weighted by Gasteiger charge is 2.19. The molecule has 0 bridgehead atoms. The highest BCUT2D eigenvalue weighted by Crippen LogP contribution is 2.34. The number of carbonyl (C=O) groups is 1. The van der Waals surface area contributed by atoms with E-state index in [-0.39, 0.29) is 11.9 Å². The molecule has 1 aliphatic heterocycles. The van der Waals surface area contributed by atoms with Gasteiger partial charge >= 0.3 is 6.01 Å². The molecular formula is C26H35N5O3. The predicted octanol–water partition coefficient (Wildman–Crippen LogP) is 3.64. The monoisotopic (exact) mass is 465 g/mol. The summed E-state index contributed by atoms with van der Waals surface area (Å²) in [4.78, 5) is 26.6. The van der Waals surface area contributed by atoms with Crippen LogP contribution in [0.15, 0.2) is 29.8 Å². The number of allylic oxidation sites excluding steroid dienone is 2. The van der Waals surface area contributed by atoms with Crippen molar-refractivity contribution in [1.82, 2.24) is 14.9 Å². The fourth-order valence-corrected chi connectivity index (χ4v) is 4.39. The Kier molecular flexibility index (Phi) is 7.80. The minimum Gasteiger partial charge on any atom is -0.462 e. The number of nitrogens with zero attached hydrogens (tertiary/aromatic N) is 4. The van der Waals surface area contributed by atoms with Gasteiger partial charge in [-0.25, -0.2) is 0 Å². The van der Waals surface area contributed by atoms with Crippen molar-refractivity contribution in [2.75, 3.05) is 62.8 Å². The first-order valence-electron chi connectivity index (χ1n) is 12.2. The Labute approximate surface area is 202 Å². The summed E-state index contributed by atoms with van der Waals surface area (Å²) in [6.45, 7) is 14.5. The summed E-state index contributed by atoms with van der Waals surface area (Å²) in [5.41, 5.74) is 6.21. The van der Waals surface area contributed by atoms with Crippen molar-refractivity contribution < 1.29 is 14.3 Å². The molecule has 1 aromatic heterocycles. The average Bonchev–Trinajstić information content (AvgIpc) is 3.13. The number of anilines is 2. The van der Waals surface area contributed by atoms with E-state index in [1.807, 2.05) is 12.1 Å². The molecule has 1 aliphatic carbocycles. The first-order chi connectivity index (χ1) is 16.5. The Hall–Kier alpha value is -2.97. The van der Waals surface area contributed by atoms with Crippen molar-refractivity contribution >= 4 is 23.0 Å². The van der Waals surface area contributed by atoms with E-state index in [9.17, 15) is 4.79 Å². The van der Waals surface area contributed by atoms with Crippen LogP contribution >= 0.6 is 0 Å². The quantitative estimate of drug-likeness (QED) is 0.606. The molecule has 2 aromatic rings. The van der Waals surface area contributed by atoms with Gasteiger partial charge < -0.3 is 19.7 Å². The Balaban J connectivity index is 1.50. The second-order valence-electron chi connectivity index (χ2n) is 8.78. The van der Waals surface area contributed by atoms with Gasteiger partial charge in [-0.15, -0.1) is 0 Å². The molecule has 2 aliphatic rings. The summed E-state index contributed by atoms with van der Waals surface area (Å²) >= 11 is 0. The molecule has 182 valence electrons. The van der Waals surface area contributed by atoms with Crippen molar-refractivity contribution in [3.05, 3.63) is 46.7 Å². The maximum absolute atomic E-state index is 13.2. The summed E-state index contributed by atoms with van der Waals surface area (Å²) in [6, 6.07) is 8.05. The first-order valence-corrected chi connectivity index (χ1v) is 12.2. The molecule has 0 radical (unpaired) electrons. The summed E-state index contributed by atoms with van der Waals surface area (Å²) in [7, 11) is 0. The van der Waals surface area contributed by atoms with Crippen molar-refractivity contribution in [2.45, 2.75) is 34.1 Å². The number of benzene rings is 1. The normalized spacial score (nSPS) is 15.9. The first kappa shape index (κ1) is 24.2. The number of carbonyl (C=O) groups excluding carboxylic acids is 1. The van der Waals surface area contributed by atoms with Crippen LogP contribution in [0.1, 0.15) is 49.3 Å². The van der Waals surface area contributed by atoms with E-state index in [1.54, 1.807) is 6.07 Å². The zero-order valence-electron chi connectivity index (χ0n) is 20.7. The molecule has 2 heterocycles. The predicted molar refractivity (Wildman–Crippen MR) is 135 cm³/mol. The van der Waals surface area contributed by atoms with Crippen LogP contribution in [0.2, 0.25) is 0 Å². The molecule has 0 unspecified atom stereocenters.